The molecule has 2 aromatic rings. The summed E-state index contributed by atoms with van der Waals surface area (Å²) in [5.74, 6) is 1.01. The first-order chi connectivity index (χ1) is 9.65. The smallest absolute Gasteiger partial charge is 0.137 e. The molecular weight excluding hydrogens is 277 g/mol. The van der Waals surface area contributed by atoms with Gasteiger partial charge in [0.25, 0.3) is 0 Å². The maximum atomic E-state index is 13.8. The van der Waals surface area contributed by atoms with E-state index in [1.54, 1.807) is 12.1 Å². The minimum absolute atomic E-state index is 0.158. The van der Waals surface area contributed by atoms with Gasteiger partial charge >= 0.3 is 0 Å². The van der Waals surface area contributed by atoms with Gasteiger partial charge < -0.3 is 9.73 Å². The molecule has 4 heteroatoms. The molecule has 0 bridgehead atoms. The highest BCUT2D eigenvalue weighted by atomic mass is 35.5. The van der Waals surface area contributed by atoms with E-state index in [2.05, 4.69) is 19.2 Å². The van der Waals surface area contributed by atoms with E-state index in [-0.39, 0.29) is 11.9 Å². The van der Waals surface area contributed by atoms with Gasteiger partial charge in [-0.1, -0.05) is 25.4 Å². The van der Waals surface area contributed by atoms with Crippen LogP contribution in [0.1, 0.15) is 38.5 Å². The van der Waals surface area contributed by atoms with E-state index in [4.69, 9.17) is 16.0 Å². The number of halogens is 2. The quantitative estimate of drug-likeness (QED) is 0.793. The van der Waals surface area contributed by atoms with Crippen LogP contribution in [0.25, 0.3) is 11.3 Å². The lowest BCUT2D eigenvalue weighted by atomic mass is 10.1. The molecule has 108 valence electrons. The lowest BCUT2D eigenvalue weighted by Crippen LogP contribution is -2.20. The van der Waals surface area contributed by atoms with Crippen molar-refractivity contribution < 1.29 is 8.81 Å². The Bertz CT molecular complexity index is 567. The molecule has 1 atom stereocenters. The van der Waals surface area contributed by atoms with Crippen molar-refractivity contribution in [1.82, 2.24) is 5.32 Å². The Labute approximate surface area is 123 Å². The molecule has 2 nitrogen and oxygen atoms in total. The first kappa shape index (κ1) is 15.1. The van der Waals surface area contributed by atoms with Crippen molar-refractivity contribution in [2.24, 2.45) is 0 Å². The van der Waals surface area contributed by atoms with Crippen LogP contribution >= 0.6 is 11.6 Å². The van der Waals surface area contributed by atoms with Gasteiger partial charge in [-0.2, -0.15) is 0 Å². The van der Waals surface area contributed by atoms with Gasteiger partial charge in [-0.15, -0.1) is 0 Å². The molecule has 1 N–H and O–H groups in total. The Kier molecular flexibility index (Phi) is 5.21. The Morgan fingerprint density at radius 3 is 2.75 bits per heavy atom. The molecule has 0 fully saturated rings. The van der Waals surface area contributed by atoms with Crippen LogP contribution in [0, 0.1) is 5.82 Å². The van der Waals surface area contributed by atoms with Gasteiger partial charge in [0.15, 0.2) is 0 Å². The predicted molar refractivity (Wildman–Crippen MR) is 80.4 cm³/mol. The highest BCUT2D eigenvalue weighted by molar-refractivity contribution is 6.30. The molecule has 0 aliphatic carbocycles. The van der Waals surface area contributed by atoms with Gasteiger partial charge in [0, 0.05) is 5.02 Å². The number of hydrogen-bond donors (Lipinski definition) is 1. The summed E-state index contributed by atoms with van der Waals surface area (Å²) in [7, 11) is 0. The van der Waals surface area contributed by atoms with E-state index in [0.29, 0.717) is 16.3 Å². The van der Waals surface area contributed by atoms with Crippen LogP contribution in [0.2, 0.25) is 5.02 Å². The van der Waals surface area contributed by atoms with Gasteiger partial charge in [0.1, 0.15) is 17.3 Å². The normalized spacial score (nSPS) is 12.6. The van der Waals surface area contributed by atoms with E-state index in [9.17, 15) is 4.39 Å². The second-order valence-corrected chi connectivity index (χ2v) is 5.18. The third-order valence-corrected chi connectivity index (χ3v) is 3.45. The van der Waals surface area contributed by atoms with Crippen LogP contribution < -0.4 is 5.32 Å². The number of furan rings is 1. The molecule has 0 saturated heterocycles. The summed E-state index contributed by atoms with van der Waals surface area (Å²) >= 11 is 5.91. The van der Waals surface area contributed by atoms with Crippen LogP contribution in [0.5, 0.6) is 0 Å². The fourth-order valence-corrected chi connectivity index (χ4v) is 2.31. The largest absolute Gasteiger partial charge is 0.459 e. The number of hydrogen-bond acceptors (Lipinski definition) is 2. The molecule has 20 heavy (non-hydrogen) atoms. The molecule has 0 amide bonds. The van der Waals surface area contributed by atoms with Crippen LogP contribution in [0.4, 0.5) is 4.39 Å². The van der Waals surface area contributed by atoms with Crippen LogP contribution in [-0.4, -0.2) is 6.54 Å². The molecule has 0 saturated carbocycles. The van der Waals surface area contributed by atoms with Crippen molar-refractivity contribution in [2.75, 3.05) is 6.54 Å². The summed E-state index contributed by atoms with van der Waals surface area (Å²) in [6.07, 6.45) is 1.98. The first-order valence-corrected chi connectivity index (χ1v) is 7.32. The molecule has 0 aliphatic rings. The van der Waals surface area contributed by atoms with Gasteiger partial charge in [-0.3, -0.25) is 0 Å². The summed E-state index contributed by atoms with van der Waals surface area (Å²) in [5.41, 5.74) is 0.397. The average Bonchev–Trinajstić information content (AvgIpc) is 2.92. The Balaban J connectivity index is 2.25. The minimum atomic E-state index is -0.329. The average molecular weight is 296 g/mol. The monoisotopic (exact) mass is 295 g/mol. The Morgan fingerprint density at radius 2 is 2.05 bits per heavy atom. The molecule has 0 aliphatic heterocycles. The van der Waals surface area contributed by atoms with Crippen molar-refractivity contribution in [1.29, 1.82) is 0 Å². The topological polar surface area (TPSA) is 25.2 Å². The molecule has 2 rings (SSSR count). The van der Waals surface area contributed by atoms with Crippen molar-refractivity contribution in [3.63, 3.8) is 0 Å². The summed E-state index contributed by atoms with van der Waals surface area (Å²) in [4.78, 5) is 0. The number of benzene rings is 1. The predicted octanol–water partition coefficient (Wildman–Crippen LogP) is 5.19. The van der Waals surface area contributed by atoms with Crippen molar-refractivity contribution in [3.8, 4) is 11.3 Å². The Hall–Kier alpha value is -1.32. The highest BCUT2D eigenvalue weighted by Gasteiger charge is 2.15. The van der Waals surface area contributed by atoms with E-state index < -0.39 is 0 Å². The fraction of sp³-hybridized carbons (Fsp3) is 0.375. The van der Waals surface area contributed by atoms with Crippen molar-refractivity contribution >= 4 is 11.6 Å². The third kappa shape index (κ3) is 3.41. The molecular formula is C16H19ClFNO. The summed E-state index contributed by atoms with van der Waals surface area (Å²) in [6.45, 7) is 5.14. The molecule has 0 spiro atoms. The van der Waals surface area contributed by atoms with E-state index in [1.807, 2.05) is 6.07 Å². The molecule has 1 unspecified atom stereocenters. The van der Waals surface area contributed by atoms with Gasteiger partial charge in [0.05, 0.1) is 11.6 Å². The standard InChI is InChI=1S/C16H19ClFNO/c1-3-9-19-14(4-2)16-8-7-15(20-16)12-10-11(17)5-6-13(12)18/h5-8,10,14,19H,3-4,9H2,1-2H3. The maximum absolute atomic E-state index is 13.8. The van der Waals surface area contributed by atoms with Crippen LogP contribution in [0.15, 0.2) is 34.7 Å². The minimum Gasteiger partial charge on any atom is -0.459 e. The van der Waals surface area contributed by atoms with Crippen LogP contribution in [-0.2, 0) is 0 Å². The molecule has 1 heterocycles. The van der Waals surface area contributed by atoms with E-state index in [0.717, 1.165) is 25.1 Å². The zero-order valence-corrected chi connectivity index (χ0v) is 12.5. The highest BCUT2D eigenvalue weighted by Crippen LogP contribution is 2.30. The molecule has 0 radical (unpaired) electrons. The zero-order chi connectivity index (χ0) is 14.5. The summed E-state index contributed by atoms with van der Waals surface area (Å²) < 4.78 is 19.6. The second kappa shape index (κ2) is 6.91. The first-order valence-electron chi connectivity index (χ1n) is 6.94. The van der Waals surface area contributed by atoms with E-state index in [1.165, 1.54) is 12.1 Å². The lowest BCUT2D eigenvalue weighted by Gasteiger charge is -2.13. The van der Waals surface area contributed by atoms with E-state index >= 15 is 0 Å². The van der Waals surface area contributed by atoms with Gasteiger partial charge in [-0.05, 0) is 49.7 Å². The third-order valence-electron chi connectivity index (χ3n) is 3.21. The van der Waals surface area contributed by atoms with Gasteiger partial charge in [0.2, 0.25) is 0 Å². The SMILES string of the molecule is CCCNC(CC)c1ccc(-c2cc(Cl)ccc2F)o1. The molecule has 1 aromatic heterocycles. The Morgan fingerprint density at radius 1 is 1.25 bits per heavy atom. The van der Waals surface area contributed by atoms with Gasteiger partial charge in [-0.25, -0.2) is 4.39 Å². The number of rotatable bonds is 6. The summed E-state index contributed by atoms with van der Waals surface area (Å²) in [5, 5.41) is 3.91. The summed E-state index contributed by atoms with van der Waals surface area (Å²) in [6, 6.07) is 8.31. The lowest BCUT2D eigenvalue weighted by molar-refractivity contribution is 0.410. The molecule has 1 aromatic carbocycles. The van der Waals surface area contributed by atoms with Crippen molar-refractivity contribution in [2.45, 2.75) is 32.7 Å². The van der Waals surface area contributed by atoms with Crippen LogP contribution in [0.3, 0.4) is 0 Å². The fourth-order valence-electron chi connectivity index (χ4n) is 2.14. The zero-order valence-electron chi connectivity index (χ0n) is 11.7. The van der Waals surface area contributed by atoms with Crippen molar-refractivity contribution in [3.05, 3.63) is 46.9 Å². The second-order valence-electron chi connectivity index (χ2n) is 4.74. The maximum Gasteiger partial charge on any atom is 0.137 e. The number of nitrogens with one attached hydrogen (secondary N) is 1.